The van der Waals surface area contributed by atoms with E-state index in [9.17, 15) is 22.4 Å². The monoisotopic (exact) mass is 452 g/mol. The van der Waals surface area contributed by atoms with Crippen molar-refractivity contribution >= 4 is 23.2 Å². The van der Waals surface area contributed by atoms with Crippen LogP contribution in [-0.2, 0) is 16.5 Å². The number of hydrogen-bond donors (Lipinski definition) is 2. The highest BCUT2D eigenvalue weighted by Crippen LogP contribution is 2.48. The lowest BCUT2D eigenvalue weighted by molar-refractivity contribution is -0.140. The zero-order valence-electron chi connectivity index (χ0n) is 18.3. The largest absolute Gasteiger partial charge is 0.495 e. The third-order valence-corrected chi connectivity index (χ3v) is 6.04. The number of guanidine groups is 1. The Bertz CT molecular complexity index is 1100. The van der Waals surface area contributed by atoms with Gasteiger partial charge in [-0.1, -0.05) is 0 Å². The number of carbonyl (C=O) groups is 1. The van der Waals surface area contributed by atoms with Crippen molar-refractivity contribution in [3.8, 4) is 5.75 Å². The van der Waals surface area contributed by atoms with Crippen LogP contribution >= 0.6 is 0 Å². The first kappa shape index (κ1) is 23.4. The molecule has 32 heavy (non-hydrogen) atoms. The van der Waals surface area contributed by atoms with Crippen LogP contribution in [0.4, 0.5) is 28.9 Å². The van der Waals surface area contributed by atoms with Crippen molar-refractivity contribution in [3.05, 3.63) is 53.3 Å². The first-order valence-corrected chi connectivity index (χ1v) is 9.68. The first-order valence-electron chi connectivity index (χ1n) is 9.68. The minimum atomic E-state index is -4.52. The number of halogens is 4. The molecule has 1 aliphatic rings. The van der Waals surface area contributed by atoms with Crippen molar-refractivity contribution < 1.29 is 27.1 Å². The Balaban J connectivity index is 2.07. The number of alkyl halides is 3. The molecule has 0 saturated carbocycles. The standard InChI is InChI=1S/C22H24F4N4O2/c1-20(2)18(31)30(4)19(27)29-21(20,3)14-11-13(7-8-15(14)23)28-16-9-6-12(22(24,25)26)10-17(16)32-5/h6-11,28H,1-5H3,(H2,27,29)/t21-/m1/s1. The topological polar surface area (TPSA) is 80.0 Å². The van der Waals surface area contributed by atoms with Crippen LogP contribution in [-0.4, -0.2) is 30.9 Å². The molecular weight excluding hydrogens is 428 g/mol. The van der Waals surface area contributed by atoms with Crippen molar-refractivity contribution in [2.75, 3.05) is 19.5 Å². The number of benzene rings is 2. The summed E-state index contributed by atoms with van der Waals surface area (Å²) in [5.41, 5.74) is 3.34. The summed E-state index contributed by atoms with van der Waals surface area (Å²) in [6.45, 7) is 4.92. The van der Waals surface area contributed by atoms with Gasteiger partial charge in [-0.25, -0.2) is 9.38 Å². The van der Waals surface area contributed by atoms with E-state index in [0.29, 0.717) is 5.69 Å². The summed E-state index contributed by atoms with van der Waals surface area (Å²) in [5, 5.41) is 2.95. The molecule has 0 radical (unpaired) electrons. The SMILES string of the molecule is COc1cc(C(F)(F)F)ccc1Nc1ccc(F)c([C@@]2(C)N=C(N)N(C)C(=O)C2(C)C)c1. The third-order valence-electron chi connectivity index (χ3n) is 6.04. The minimum absolute atomic E-state index is 0.0334. The molecule has 0 unspecified atom stereocenters. The normalized spacial score (nSPS) is 20.7. The van der Waals surface area contributed by atoms with Gasteiger partial charge in [0, 0.05) is 18.3 Å². The minimum Gasteiger partial charge on any atom is -0.495 e. The fourth-order valence-electron chi connectivity index (χ4n) is 3.67. The lowest BCUT2D eigenvalue weighted by Crippen LogP contribution is -2.58. The van der Waals surface area contributed by atoms with Crippen molar-refractivity contribution in [3.63, 3.8) is 0 Å². The van der Waals surface area contributed by atoms with Gasteiger partial charge in [0.05, 0.1) is 23.8 Å². The number of carbonyl (C=O) groups excluding carboxylic acids is 1. The molecule has 1 amide bonds. The number of anilines is 2. The van der Waals surface area contributed by atoms with E-state index in [1.807, 2.05) is 0 Å². The van der Waals surface area contributed by atoms with Gasteiger partial charge in [-0.3, -0.25) is 9.69 Å². The van der Waals surface area contributed by atoms with Gasteiger partial charge in [-0.05, 0) is 57.2 Å². The number of amides is 1. The van der Waals surface area contributed by atoms with Gasteiger partial charge < -0.3 is 15.8 Å². The Hall–Kier alpha value is -3.30. The van der Waals surface area contributed by atoms with Gasteiger partial charge >= 0.3 is 6.18 Å². The number of methoxy groups -OCH3 is 1. The zero-order chi connectivity index (χ0) is 24.1. The molecule has 0 spiro atoms. The van der Waals surface area contributed by atoms with E-state index in [1.54, 1.807) is 20.8 Å². The molecule has 0 aromatic heterocycles. The fraction of sp³-hybridized carbons (Fsp3) is 0.364. The van der Waals surface area contributed by atoms with Gasteiger partial charge in [0.2, 0.25) is 5.91 Å². The third kappa shape index (κ3) is 3.74. The predicted molar refractivity (Wildman–Crippen MR) is 113 cm³/mol. The van der Waals surface area contributed by atoms with Crippen LogP contribution in [0.3, 0.4) is 0 Å². The average Bonchev–Trinajstić information content (AvgIpc) is 2.72. The number of rotatable bonds is 4. The lowest BCUT2D eigenvalue weighted by atomic mass is 9.67. The number of nitrogens with one attached hydrogen (secondary N) is 1. The predicted octanol–water partition coefficient (Wildman–Crippen LogP) is 4.62. The highest BCUT2D eigenvalue weighted by atomic mass is 19.4. The fourth-order valence-corrected chi connectivity index (χ4v) is 3.67. The van der Waals surface area contributed by atoms with Gasteiger partial charge in [-0.15, -0.1) is 0 Å². The van der Waals surface area contributed by atoms with E-state index >= 15 is 0 Å². The first-order chi connectivity index (χ1) is 14.7. The molecule has 3 rings (SSSR count). The molecule has 1 heterocycles. The van der Waals surface area contributed by atoms with Crippen molar-refractivity contribution in [1.82, 2.24) is 4.90 Å². The maximum Gasteiger partial charge on any atom is 0.416 e. The summed E-state index contributed by atoms with van der Waals surface area (Å²) >= 11 is 0. The number of hydrogen-bond acceptors (Lipinski definition) is 5. The Morgan fingerprint density at radius 2 is 1.78 bits per heavy atom. The quantitative estimate of drug-likeness (QED) is 0.664. The van der Waals surface area contributed by atoms with Crippen molar-refractivity contribution in [2.45, 2.75) is 32.5 Å². The van der Waals surface area contributed by atoms with E-state index in [0.717, 1.165) is 12.1 Å². The van der Waals surface area contributed by atoms with Crippen LogP contribution in [0.25, 0.3) is 0 Å². The van der Waals surface area contributed by atoms with Crippen LogP contribution in [0.15, 0.2) is 41.4 Å². The summed E-state index contributed by atoms with van der Waals surface area (Å²) in [6, 6.07) is 7.10. The molecule has 2 aromatic rings. The average molecular weight is 452 g/mol. The Labute approximate surface area is 183 Å². The summed E-state index contributed by atoms with van der Waals surface area (Å²) in [7, 11) is 2.75. The number of ether oxygens (including phenoxy) is 1. The maximum absolute atomic E-state index is 14.9. The van der Waals surface area contributed by atoms with E-state index in [-0.39, 0.29) is 28.9 Å². The summed E-state index contributed by atoms with van der Waals surface area (Å²) in [5.74, 6) is -0.998. The number of nitrogens with two attached hydrogens (primary N) is 1. The highest BCUT2D eigenvalue weighted by molar-refractivity contribution is 6.01. The molecule has 0 bridgehead atoms. The van der Waals surface area contributed by atoms with Crippen LogP contribution in [0, 0.1) is 11.2 Å². The smallest absolute Gasteiger partial charge is 0.416 e. The molecule has 1 aliphatic heterocycles. The zero-order valence-corrected chi connectivity index (χ0v) is 18.3. The Morgan fingerprint density at radius 3 is 2.38 bits per heavy atom. The number of aliphatic imine (C=N–C) groups is 1. The molecule has 10 heteroatoms. The van der Waals surface area contributed by atoms with Gasteiger partial charge in [0.1, 0.15) is 17.1 Å². The maximum atomic E-state index is 14.9. The van der Waals surface area contributed by atoms with Crippen molar-refractivity contribution in [1.29, 1.82) is 0 Å². The number of nitrogens with zero attached hydrogens (tertiary/aromatic N) is 2. The molecule has 1 atom stereocenters. The lowest BCUT2D eigenvalue weighted by Gasteiger charge is -2.46. The van der Waals surface area contributed by atoms with Crippen LogP contribution in [0.2, 0.25) is 0 Å². The second-order valence-electron chi connectivity index (χ2n) is 8.26. The van der Waals surface area contributed by atoms with Crippen LogP contribution in [0.1, 0.15) is 31.9 Å². The molecule has 0 fully saturated rings. The van der Waals surface area contributed by atoms with Crippen LogP contribution < -0.4 is 15.8 Å². The van der Waals surface area contributed by atoms with E-state index in [4.69, 9.17) is 10.5 Å². The molecule has 0 aliphatic carbocycles. The summed E-state index contributed by atoms with van der Waals surface area (Å²) < 4.78 is 59.0. The van der Waals surface area contributed by atoms with Gasteiger partial charge in [-0.2, -0.15) is 13.2 Å². The highest BCUT2D eigenvalue weighted by Gasteiger charge is 2.53. The second kappa shape index (κ2) is 7.68. The van der Waals surface area contributed by atoms with Gasteiger partial charge in [0.25, 0.3) is 0 Å². The van der Waals surface area contributed by atoms with Crippen LogP contribution in [0.5, 0.6) is 5.75 Å². The van der Waals surface area contributed by atoms with E-state index in [2.05, 4.69) is 10.3 Å². The summed E-state index contributed by atoms with van der Waals surface area (Å²) in [6.07, 6.45) is -4.52. The van der Waals surface area contributed by atoms with Gasteiger partial charge in [0.15, 0.2) is 5.96 Å². The molecule has 172 valence electrons. The van der Waals surface area contributed by atoms with E-state index in [1.165, 1.54) is 43.3 Å². The van der Waals surface area contributed by atoms with E-state index < -0.39 is 28.5 Å². The molecule has 3 N–H and O–H groups in total. The molecule has 6 nitrogen and oxygen atoms in total. The second-order valence-corrected chi connectivity index (χ2v) is 8.26. The molecular formula is C22H24F4N4O2. The molecule has 0 saturated heterocycles. The van der Waals surface area contributed by atoms with Crippen molar-refractivity contribution in [2.24, 2.45) is 16.1 Å². The Kier molecular flexibility index (Phi) is 5.61. The molecule has 2 aromatic carbocycles. The Morgan fingerprint density at radius 1 is 1.12 bits per heavy atom. The summed E-state index contributed by atoms with van der Waals surface area (Å²) in [4.78, 5) is 18.5.